The second-order valence-corrected chi connectivity index (χ2v) is 10.3. The van der Waals surface area contributed by atoms with Crippen molar-refractivity contribution in [1.29, 1.82) is 0 Å². The standard InChI is InChI=1S/C31H30N4/c1-6-31(5)25-17-16-22(24-15-11-10-12-21(24)2)20-26(25)35-28-27(32-18-19-33-28)34(29(35)30(31,3)4)23-13-8-7-9-14-23/h6-20,29H,1H2,2-5H3. The van der Waals surface area contributed by atoms with Gasteiger partial charge in [-0.1, -0.05) is 81.4 Å². The first-order chi connectivity index (χ1) is 16.9. The molecule has 3 heterocycles. The molecule has 0 spiro atoms. The summed E-state index contributed by atoms with van der Waals surface area (Å²) in [7, 11) is 0. The van der Waals surface area contributed by atoms with Crippen LogP contribution in [0.1, 0.15) is 31.9 Å². The van der Waals surface area contributed by atoms with Gasteiger partial charge in [-0.15, -0.1) is 6.58 Å². The molecule has 2 unspecified atom stereocenters. The molecule has 0 N–H and O–H groups in total. The van der Waals surface area contributed by atoms with Gasteiger partial charge in [-0.25, -0.2) is 9.97 Å². The fourth-order valence-corrected chi connectivity index (χ4v) is 5.98. The lowest BCUT2D eigenvalue weighted by molar-refractivity contribution is 0.171. The lowest BCUT2D eigenvalue weighted by Gasteiger charge is -2.56. The van der Waals surface area contributed by atoms with Crippen molar-refractivity contribution >= 4 is 23.0 Å². The molecular weight excluding hydrogens is 428 g/mol. The van der Waals surface area contributed by atoms with Crippen molar-refractivity contribution in [1.82, 2.24) is 9.97 Å². The van der Waals surface area contributed by atoms with E-state index in [1.54, 1.807) is 12.4 Å². The molecule has 0 bridgehead atoms. The maximum Gasteiger partial charge on any atom is 0.178 e. The van der Waals surface area contributed by atoms with Crippen molar-refractivity contribution in [2.24, 2.45) is 5.41 Å². The Morgan fingerprint density at radius 1 is 0.829 bits per heavy atom. The molecule has 0 saturated heterocycles. The van der Waals surface area contributed by atoms with Gasteiger partial charge in [0.25, 0.3) is 0 Å². The number of hydrogen-bond acceptors (Lipinski definition) is 4. The Hall–Kier alpha value is -3.92. The third-order valence-corrected chi connectivity index (χ3v) is 8.31. The van der Waals surface area contributed by atoms with Crippen LogP contribution in [0.15, 0.2) is 97.8 Å². The molecule has 2 atom stereocenters. The van der Waals surface area contributed by atoms with E-state index in [9.17, 15) is 0 Å². The highest BCUT2D eigenvalue weighted by Gasteiger charge is 2.59. The SMILES string of the molecule is C=CC1(C)c2ccc(-c3ccccc3C)cc2N2c3nccnc3N(c3ccccc3)C2C1(C)C. The fourth-order valence-electron chi connectivity index (χ4n) is 5.98. The summed E-state index contributed by atoms with van der Waals surface area (Å²) in [4.78, 5) is 14.5. The second-order valence-electron chi connectivity index (χ2n) is 10.3. The van der Waals surface area contributed by atoms with E-state index in [4.69, 9.17) is 9.97 Å². The molecule has 0 saturated carbocycles. The summed E-state index contributed by atoms with van der Waals surface area (Å²) < 4.78 is 0. The topological polar surface area (TPSA) is 32.3 Å². The van der Waals surface area contributed by atoms with Crippen molar-refractivity contribution in [2.75, 3.05) is 9.80 Å². The number of nitrogens with zero attached hydrogens (tertiary/aromatic N) is 4. The Morgan fingerprint density at radius 2 is 1.49 bits per heavy atom. The van der Waals surface area contributed by atoms with Crippen LogP contribution in [0.3, 0.4) is 0 Å². The fraction of sp³-hybridized carbons (Fsp3) is 0.226. The summed E-state index contributed by atoms with van der Waals surface area (Å²) in [6.45, 7) is 13.5. The van der Waals surface area contributed by atoms with Gasteiger partial charge in [0.15, 0.2) is 11.6 Å². The maximum absolute atomic E-state index is 4.87. The number of para-hydroxylation sites is 1. The molecule has 1 aromatic heterocycles. The van der Waals surface area contributed by atoms with Crippen LogP contribution in [0.5, 0.6) is 0 Å². The van der Waals surface area contributed by atoms with Crippen molar-refractivity contribution < 1.29 is 0 Å². The lowest BCUT2D eigenvalue weighted by atomic mass is 9.58. The van der Waals surface area contributed by atoms with Gasteiger partial charge in [0, 0.05) is 34.6 Å². The Kier molecular flexibility index (Phi) is 4.65. The van der Waals surface area contributed by atoms with E-state index in [0.717, 1.165) is 23.0 Å². The molecule has 35 heavy (non-hydrogen) atoms. The molecule has 4 nitrogen and oxygen atoms in total. The number of aromatic nitrogens is 2. The summed E-state index contributed by atoms with van der Waals surface area (Å²) in [5.41, 5.74) is 6.76. The van der Waals surface area contributed by atoms with Crippen LogP contribution in [-0.4, -0.2) is 16.1 Å². The van der Waals surface area contributed by atoms with Crippen LogP contribution in [0.25, 0.3) is 11.1 Å². The first-order valence-corrected chi connectivity index (χ1v) is 12.2. The minimum atomic E-state index is -0.275. The summed E-state index contributed by atoms with van der Waals surface area (Å²) in [6, 6.07) is 26.0. The van der Waals surface area contributed by atoms with E-state index < -0.39 is 0 Å². The van der Waals surface area contributed by atoms with Gasteiger partial charge in [-0.05, 0) is 47.4 Å². The third-order valence-electron chi connectivity index (χ3n) is 8.31. The van der Waals surface area contributed by atoms with E-state index in [1.807, 2.05) is 0 Å². The summed E-state index contributed by atoms with van der Waals surface area (Å²) >= 11 is 0. The van der Waals surface area contributed by atoms with Crippen LogP contribution in [0, 0.1) is 12.3 Å². The van der Waals surface area contributed by atoms with E-state index in [2.05, 4.69) is 123 Å². The van der Waals surface area contributed by atoms with E-state index in [1.165, 1.54) is 22.3 Å². The van der Waals surface area contributed by atoms with Crippen LogP contribution < -0.4 is 9.80 Å². The molecule has 174 valence electrons. The van der Waals surface area contributed by atoms with Gasteiger partial charge in [-0.3, -0.25) is 0 Å². The highest BCUT2D eigenvalue weighted by molar-refractivity contribution is 5.88. The average molecular weight is 459 g/mol. The van der Waals surface area contributed by atoms with Gasteiger partial charge in [-0.2, -0.15) is 0 Å². The molecule has 4 aromatic rings. The van der Waals surface area contributed by atoms with Crippen molar-refractivity contribution in [3.8, 4) is 11.1 Å². The van der Waals surface area contributed by atoms with Crippen LogP contribution in [0.4, 0.5) is 23.0 Å². The Bertz CT molecular complexity index is 1440. The highest BCUT2D eigenvalue weighted by Crippen LogP contribution is 2.62. The molecule has 0 amide bonds. The minimum Gasteiger partial charge on any atom is -0.301 e. The number of hydrogen-bond donors (Lipinski definition) is 0. The zero-order chi connectivity index (χ0) is 24.4. The zero-order valence-corrected chi connectivity index (χ0v) is 20.7. The van der Waals surface area contributed by atoms with E-state index in [-0.39, 0.29) is 17.0 Å². The number of anilines is 4. The number of fused-ring (bicyclic) bond motifs is 5. The Morgan fingerprint density at radius 3 is 2.17 bits per heavy atom. The maximum atomic E-state index is 4.87. The summed E-state index contributed by atoms with van der Waals surface area (Å²) in [5.74, 6) is 1.78. The third kappa shape index (κ3) is 2.86. The molecule has 0 radical (unpaired) electrons. The van der Waals surface area contributed by atoms with Crippen molar-refractivity contribution in [3.05, 3.63) is 109 Å². The van der Waals surface area contributed by atoms with Gasteiger partial charge in [0.2, 0.25) is 0 Å². The summed E-state index contributed by atoms with van der Waals surface area (Å²) in [6.07, 6.45) is 5.69. The second kappa shape index (κ2) is 7.54. The normalized spacial score (nSPS) is 21.8. The van der Waals surface area contributed by atoms with Gasteiger partial charge in [0.05, 0.1) is 0 Å². The predicted octanol–water partition coefficient (Wildman–Crippen LogP) is 7.55. The zero-order valence-electron chi connectivity index (χ0n) is 20.7. The monoisotopic (exact) mass is 458 g/mol. The highest BCUT2D eigenvalue weighted by atomic mass is 15.5. The molecule has 4 heteroatoms. The van der Waals surface area contributed by atoms with Crippen LogP contribution in [0.2, 0.25) is 0 Å². The number of allylic oxidation sites excluding steroid dienone is 1. The molecular formula is C31H30N4. The van der Waals surface area contributed by atoms with Gasteiger partial charge >= 0.3 is 0 Å². The van der Waals surface area contributed by atoms with Crippen LogP contribution in [-0.2, 0) is 5.41 Å². The van der Waals surface area contributed by atoms with Gasteiger partial charge < -0.3 is 9.80 Å². The van der Waals surface area contributed by atoms with E-state index in [0.29, 0.717) is 0 Å². The largest absolute Gasteiger partial charge is 0.301 e. The molecule has 0 fully saturated rings. The average Bonchev–Trinajstić information content (AvgIpc) is 3.24. The molecule has 0 aliphatic carbocycles. The summed E-state index contributed by atoms with van der Waals surface area (Å²) in [5, 5.41) is 0. The molecule has 2 aliphatic rings. The predicted molar refractivity (Wildman–Crippen MR) is 144 cm³/mol. The number of benzene rings is 3. The Labute approximate surface area is 207 Å². The quantitative estimate of drug-likeness (QED) is 0.297. The molecule has 2 aliphatic heterocycles. The number of aryl methyl sites for hydroxylation is 1. The van der Waals surface area contributed by atoms with E-state index >= 15 is 0 Å². The minimum absolute atomic E-state index is 0.0232. The first kappa shape index (κ1) is 21.6. The van der Waals surface area contributed by atoms with Crippen molar-refractivity contribution in [3.63, 3.8) is 0 Å². The van der Waals surface area contributed by atoms with Gasteiger partial charge in [0.1, 0.15) is 6.17 Å². The smallest absolute Gasteiger partial charge is 0.178 e. The molecule has 3 aromatic carbocycles. The Balaban J connectivity index is 1.66. The number of rotatable bonds is 3. The lowest BCUT2D eigenvalue weighted by Crippen LogP contribution is -2.60. The molecule has 6 rings (SSSR count). The van der Waals surface area contributed by atoms with Crippen molar-refractivity contribution in [2.45, 2.75) is 39.3 Å². The van der Waals surface area contributed by atoms with Crippen LogP contribution >= 0.6 is 0 Å². The first-order valence-electron chi connectivity index (χ1n) is 12.2.